The molecule has 1 fully saturated rings. The molecule has 0 saturated carbocycles. The predicted molar refractivity (Wildman–Crippen MR) is 192 cm³/mol. The number of hydrogen-bond donors (Lipinski definition) is 2. The number of carbonyl (C=O) groups excluding carboxylic acids is 1. The molecule has 11 heteroatoms. The van der Waals surface area contributed by atoms with Crippen LogP contribution in [0, 0.1) is 28.5 Å². The van der Waals surface area contributed by atoms with Crippen molar-refractivity contribution in [3.63, 3.8) is 0 Å². The number of methoxy groups -OCH3 is 1. The third-order valence-electron chi connectivity index (χ3n) is 8.99. The first-order chi connectivity index (χ1) is 22.8. The van der Waals surface area contributed by atoms with Gasteiger partial charge >= 0.3 is 0 Å². The van der Waals surface area contributed by atoms with Crippen LogP contribution in [-0.4, -0.2) is 59.1 Å². The molecule has 1 amide bonds. The fraction of sp³-hybridized carbons (Fsp3) is 0.514. The standard InChI is InChI=1S/C37H49FN6O3S/c1-36(2,3)33(37(4,5)6)24-12-15-44(16-13-24)14-9-17-47-31-21-29-28(20-30(31)46-7)34(41-23-40-29)43-35-39-22-27(48-35)19-32(45)42-26-11-8-10-25(38)18-26/h8,10-11,18,20-24,33H,9,12-17,19H2,1-7H3,(H,42,45)(H,39,40,41,43). The fourth-order valence-electron chi connectivity index (χ4n) is 7.61. The zero-order valence-electron chi connectivity index (χ0n) is 29.2. The van der Waals surface area contributed by atoms with Crippen LogP contribution >= 0.6 is 11.3 Å². The average Bonchev–Trinajstić information content (AvgIpc) is 3.44. The minimum absolute atomic E-state index is 0.113. The number of likely N-dealkylation sites (tertiary alicyclic amines) is 1. The van der Waals surface area contributed by atoms with Gasteiger partial charge in [0.15, 0.2) is 16.6 Å². The summed E-state index contributed by atoms with van der Waals surface area (Å²) in [5, 5.41) is 7.31. The van der Waals surface area contributed by atoms with E-state index >= 15 is 0 Å². The van der Waals surface area contributed by atoms with Crippen molar-refractivity contribution >= 4 is 44.8 Å². The van der Waals surface area contributed by atoms with Crippen LogP contribution in [0.4, 0.5) is 21.0 Å². The Bertz CT molecular complexity index is 1680. The number of amides is 1. The van der Waals surface area contributed by atoms with Gasteiger partial charge in [-0.15, -0.1) is 11.3 Å². The van der Waals surface area contributed by atoms with Crippen molar-refractivity contribution in [1.29, 1.82) is 0 Å². The number of thiazole rings is 1. The van der Waals surface area contributed by atoms with E-state index in [1.165, 1.54) is 42.6 Å². The Morgan fingerprint density at radius 1 is 1.04 bits per heavy atom. The van der Waals surface area contributed by atoms with Gasteiger partial charge in [0.25, 0.3) is 0 Å². The smallest absolute Gasteiger partial charge is 0.229 e. The van der Waals surface area contributed by atoms with E-state index in [1.54, 1.807) is 25.4 Å². The molecule has 48 heavy (non-hydrogen) atoms. The highest BCUT2D eigenvalue weighted by molar-refractivity contribution is 7.15. The quantitative estimate of drug-likeness (QED) is 0.145. The van der Waals surface area contributed by atoms with E-state index in [9.17, 15) is 9.18 Å². The summed E-state index contributed by atoms with van der Waals surface area (Å²) in [6, 6.07) is 9.57. The van der Waals surface area contributed by atoms with Crippen LogP contribution in [0.2, 0.25) is 0 Å². The lowest BCUT2D eigenvalue weighted by molar-refractivity contribution is -0.115. The van der Waals surface area contributed by atoms with E-state index in [0.717, 1.165) is 42.2 Å². The number of benzene rings is 2. The molecule has 2 aromatic heterocycles. The first-order valence-corrected chi connectivity index (χ1v) is 17.6. The Kier molecular flexibility index (Phi) is 11.2. The summed E-state index contributed by atoms with van der Waals surface area (Å²) in [4.78, 5) is 29.1. The van der Waals surface area contributed by atoms with Crippen molar-refractivity contribution in [3.8, 4) is 11.5 Å². The van der Waals surface area contributed by atoms with E-state index in [1.807, 2.05) is 12.1 Å². The monoisotopic (exact) mass is 676 g/mol. The molecule has 1 aliphatic heterocycles. The van der Waals surface area contributed by atoms with Gasteiger partial charge in [-0.3, -0.25) is 4.79 Å². The Hall–Kier alpha value is -3.83. The van der Waals surface area contributed by atoms with Crippen LogP contribution in [0.3, 0.4) is 0 Å². The van der Waals surface area contributed by atoms with E-state index in [2.05, 4.69) is 72.0 Å². The zero-order valence-corrected chi connectivity index (χ0v) is 30.0. The van der Waals surface area contributed by atoms with Crippen LogP contribution in [0.5, 0.6) is 11.5 Å². The van der Waals surface area contributed by atoms with E-state index in [4.69, 9.17) is 9.47 Å². The van der Waals surface area contributed by atoms with Crippen molar-refractivity contribution in [2.45, 2.75) is 67.2 Å². The van der Waals surface area contributed by atoms with Crippen LogP contribution < -0.4 is 20.1 Å². The molecule has 0 atom stereocenters. The topological polar surface area (TPSA) is 102 Å². The summed E-state index contributed by atoms with van der Waals surface area (Å²) in [5.41, 5.74) is 1.73. The first kappa shape index (κ1) is 35.5. The van der Waals surface area contributed by atoms with Gasteiger partial charge < -0.3 is 25.0 Å². The van der Waals surface area contributed by atoms with Gasteiger partial charge in [-0.2, -0.15) is 0 Å². The van der Waals surface area contributed by atoms with Gasteiger partial charge in [-0.1, -0.05) is 47.6 Å². The van der Waals surface area contributed by atoms with Crippen molar-refractivity contribution in [3.05, 3.63) is 59.6 Å². The molecule has 1 saturated heterocycles. The minimum atomic E-state index is -0.406. The van der Waals surface area contributed by atoms with Gasteiger partial charge in [0.2, 0.25) is 5.91 Å². The highest BCUT2D eigenvalue weighted by atomic mass is 32.1. The molecule has 0 aliphatic carbocycles. The van der Waals surface area contributed by atoms with Gasteiger partial charge in [0.05, 0.1) is 25.7 Å². The summed E-state index contributed by atoms with van der Waals surface area (Å²) in [7, 11) is 1.62. The SMILES string of the molecule is COc1cc2c(Nc3ncc(CC(=O)Nc4cccc(F)c4)s3)ncnc2cc1OCCCN1CCC(C(C(C)(C)C)C(C)(C)C)CC1. The average molecular weight is 677 g/mol. The number of fused-ring (bicyclic) bond motifs is 1. The molecule has 2 aromatic carbocycles. The van der Waals surface area contributed by atoms with Gasteiger partial charge in [-0.25, -0.2) is 19.3 Å². The van der Waals surface area contributed by atoms with Crippen LogP contribution in [0.25, 0.3) is 10.9 Å². The number of nitrogens with zero attached hydrogens (tertiary/aromatic N) is 4. The molecule has 4 aromatic rings. The van der Waals surface area contributed by atoms with E-state index < -0.39 is 5.82 Å². The van der Waals surface area contributed by atoms with Gasteiger partial charge in [0.1, 0.15) is 18.0 Å². The number of rotatable bonds is 12. The van der Waals surface area contributed by atoms with Crippen LogP contribution in [0.1, 0.15) is 65.7 Å². The van der Waals surface area contributed by atoms with Crippen molar-refractivity contribution in [2.24, 2.45) is 22.7 Å². The third kappa shape index (κ3) is 9.19. The van der Waals surface area contributed by atoms with Crippen molar-refractivity contribution in [1.82, 2.24) is 19.9 Å². The highest BCUT2D eigenvalue weighted by Crippen LogP contribution is 2.47. The molecule has 2 N–H and O–H groups in total. The number of nitrogens with one attached hydrogen (secondary N) is 2. The molecule has 258 valence electrons. The number of anilines is 3. The number of halogens is 1. The number of carbonyl (C=O) groups is 1. The molecule has 1 aliphatic rings. The highest BCUT2D eigenvalue weighted by Gasteiger charge is 2.41. The molecule has 0 unspecified atom stereocenters. The number of aromatic nitrogens is 3. The normalized spacial score (nSPS) is 14.8. The van der Waals surface area contributed by atoms with Gasteiger partial charge in [0, 0.05) is 34.8 Å². The number of piperidine rings is 1. The molecule has 0 radical (unpaired) electrons. The second kappa shape index (κ2) is 15.2. The fourth-order valence-corrected chi connectivity index (χ4v) is 8.42. The Morgan fingerprint density at radius 2 is 1.79 bits per heavy atom. The lowest BCUT2D eigenvalue weighted by Gasteiger charge is -2.48. The summed E-state index contributed by atoms with van der Waals surface area (Å²) in [6.07, 6.45) is 6.69. The lowest BCUT2D eigenvalue weighted by Crippen LogP contribution is -2.44. The predicted octanol–water partition coefficient (Wildman–Crippen LogP) is 8.35. The summed E-state index contributed by atoms with van der Waals surface area (Å²) in [6.45, 7) is 18.3. The summed E-state index contributed by atoms with van der Waals surface area (Å²) in [5.74, 6) is 2.61. The number of ether oxygens (including phenoxy) is 2. The zero-order chi connectivity index (χ0) is 34.5. The maximum atomic E-state index is 13.5. The minimum Gasteiger partial charge on any atom is -0.493 e. The molecule has 3 heterocycles. The Morgan fingerprint density at radius 3 is 2.48 bits per heavy atom. The van der Waals surface area contributed by atoms with E-state index in [-0.39, 0.29) is 12.3 Å². The summed E-state index contributed by atoms with van der Waals surface area (Å²) < 4.78 is 25.4. The maximum Gasteiger partial charge on any atom is 0.229 e. The number of hydrogen-bond acceptors (Lipinski definition) is 9. The molecule has 0 bridgehead atoms. The van der Waals surface area contributed by atoms with E-state index in [0.29, 0.717) is 57.0 Å². The third-order valence-corrected chi connectivity index (χ3v) is 9.90. The molecule has 9 nitrogen and oxygen atoms in total. The first-order valence-electron chi connectivity index (χ1n) is 16.7. The summed E-state index contributed by atoms with van der Waals surface area (Å²) >= 11 is 1.34. The van der Waals surface area contributed by atoms with Gasteiger partial charge in [-0.05, 0) is 79.3 Å². The lowest BCUT2D eigenvalue weighted by atomic mass is 9.59. The second-order valence-electron chi connectivity index (χ2n) is 14.8. The molecule has 0 spiro atoms. The Balaban J connectivity index is 1.14. The Labute approximate surface area is 287 Å². The van der Waals surface area contributed by atoms with Crippen molar-refractivity contribution in [2.75, 3.05) is 44.0 Å². The van der Waals surface area contributed by atoms with Crippen molar-refractivity contribution < 1.29 is 18.7 Å². The molecule has 5 rings (SSSR count). The molecular formula is C37H49FN6O3S. The van der Waals surface area contributed by atoms with Crippen LogP contribution in [0.15, 0.2) is 48.9 Å². The largest absolute Gasteiger partial charge is 0.493 e. The molecular weight excluding hydrogens is 628 g/mol. The second-order valence-corrected chi connectivity index (χ2v) is 15.9. The maximum absolute atomic E-state index is 13.5. The van der Waals surface area contributed by atoms with Crippen LogP contribution in [-0.2, 0) is 11.2 Å².